The van der Waals surface area contributed by atoms with Crippen LogP contribution in [0.1, 0.15) is 33.3 Å². The third-order valence-electron chi connectivity index (χ3n) is 2.63. The SMILES string of the molecule is CC(C)N(C(=O)C=Cc1cccc(F)c1)C(C)C. The summed E-state index contributed by atoms with van der Waals surface area (Å²) in [6, 6.07) is 6.47. The van der Waals surface area contributed by atoms with Crippen LogP contribution < -0.4 is 0 Å². The van der Waals surface area contributed by atoms with E-state index in [1.165, 1.54) is 18.2 Å². The minimum absolute atomic E-state index is 0.0516. The minimum atomic E-state index is -0.297. The van der Waals surface area contributed by atoms with E-state index in [2.05, 4.69) is 0 Å². The van der Waals surface area contributed by atoms with E-state index in [-0.39, 0.29) is 23.8 Å². The zero-order chi connectivity index (χ0) is 13.7. The topological polar surface area (TPSA) is 20.3 Å². The monoisotopic (exact) mass is 249 g/mol. The summed E-state index contributed by atoms with van der Waals surface area (Å²) in [4.78, 5) is 13.8. The lowest BCUT2D eigenvalue weighted by atomic mass is 10.2. The van der Waals surface area contributed by atoms with Gasteiger partial charge in [-0.15, -0.1) is 0 Å². The Hall–Kier alpha value is -1.64. The molecule has 0 radical (unpaired) electrons. The molecule has 3 heteroatoms. The summed E-state index contributed by atoms with van der Waals surface area (Å²) < 4.78 is 13.0. The standard InChI is InChI=1S/C15H20FNO/c1-11(2)17(12(3)4)15(18)9-8-13-6-5-7-14(16)10-13/h5-12H,1-4H3. The van der Waals surface area contributed by atoms with Crippen molar-refractivity contribution in [2.24, 2.45) is 0 Å². The van der Waals surface area contributed by atoms with Crippen LogP contribution in [0.5, 0.6) is 0 Å². The van der Waals surface area contributed by atoms with Gasteiger partial charge in [-0.2, -0.15) is 0 Å². The normalized spacial score (nSPS) is 11.5. The Labute approximate surface area is 108 Å². The van der Waals surface area contributed by atoms with Gasteiger partial charge in [0.25, 0.3) is 0 Å². The van der Waals surface area contributed by atoms with Crippen molar-refractivity contribution < 1.29 is 9.18 Å². The molecular formula is C15H20FNO. The molecule has 18 heavy (non-hydrogen) atoms. The Morgan fingerprint density at radius 1 is 1.22 bits per heavy atom. The maximum Gasteiger partial charge on any atom is 0.247 e. The van der Waals surface area contributed by atoms with E-state index in [1.807, 2.05) is 27.7 Å². The molecule has 0 aliphatic carbocycles. The van der Waals surface area contributed by atoms with Gasteiger partial charge in [-0.25, -0.2) is 4.39 Å². The second kappa shape index (κ2) is 6.34. The van der Waals surface area contributed by atoms with Gasteiger partial charge in [-0.3, -0.25) is 4.79 Å². The van der Waals surface area contributed by atoms with Gasteiger partial charge in [0.05, 0.1) is 0 Å². The molecule has 98 valence electrons. The van der Waals surface area contributed by atoms with Crippen molar-refractivity contribution in [1.29, 1.82) is 0 Å². The third-order valence-corrected chi connectivity index (χ3v) is 2.63. The molecule has 2 nitrogen and oxygen atoms in total. The summed E-state index contributed by atoms with van der Waals surface area (Å²) in [6.07, 6.45) is 3.14. The van der Waals surface area contributed by atoms with Crippen molar-refractivity contribution in [3.63, 3.8) is 0 Å². The molecule has 0 spiro atoms. The number of carbonyl (C=O) groups is 1. The quantitative estimate of drug-likeness (QED) is 0.748. The lowest BCUT2D eigenvalue weighted by molar-refractivity contribution is -0.129. The van der Waals surface area contributed by atoms with Gasteiger partial charge in [0.2, 0.25) is 5.91 Å². The second-order valence-electron chi connectivity index (χ2n) is 4.82. The highest BCUT2D eigenvalue weighted by Crippen LogP contribution is 2.09. The highest BCUT2D eigenvalue weighted by Gasteiger charge is 2.17. The predicted molar refractivity (Wildman–Crippen MR) is 72.6 cm³/mol. The average molecular weight is 249 g/mol. The maximum atomic E-state index is 13.0. The van der Waals surface area contributed by atoms with Crippen LogP contribution in [0, 0.1) is 5.82 Å². The molecule has 0 atom stereocenters. The molecule has 0 saturated carbocycles. The molecule has 0 fully saturated rings. The van der Waals surface area contributed by atoms with Crippen LogP contribution in [0.4, 0.5) is 4.39 Å². The molecule has 1 rings (SSSR count). The van der Waals surface area contributed by atoms with E-state index < -0.39 is 0 Å². The van der Waals surface area contributed by atoms with Gasteiger partial charge < -0.3 is 4.90 Å². The van der Waals surface area contributed by atoms with Gasteiger partial charge in [0.1, 0.15) is 5.82 Å². The van der Waals surface area contributed by atoms with E-state index in [0.29, 0.717) is 5.56 Å². The fourth-order valence-corrected chi connectivity index (χ4v) is 1.97. The fraction of sp³-hybridized carbons (Fsp3) is 0.400. The van der Waals surface area contributed by atoms with Crippen LogP contribution in [0.15, 0.2) is 30.3 Å². The Balaban J connectivity index is 2.80. The van der Waals surface area contributed by atoms with E-state index in [1.54, 1.807) is 23.1 Å². The van der Waals surface area contributed by atoms with Crippen molar-refractivity contribution >= 4 is 12.0 Å². The zero-order valence-corrected chi connectivity index (χ0v) is 11.4. The van der Waals surface area contributed by atoms with Crippen molar-refractivity contribution in [3.8, 4) is 0 Å². The Morgan fingerprint density at radius 2 is 1.83 bits per heavy atom. The van der Waals surface area contributed by atoms with Crippen molar-refractivity contribution in [2.75, 3.05) is 0 Å². The van der Waals surface area contributed by atoms with Crippen LogP contribution >= 0.6 is 0 Å². The molecule has 0 unspecified atom stereocenters. The maximum absolute atomic E-state index is 13.0. The summed E-state index contributed by atoms with van der Waals surface area (Å²) in [5.41, 5.74) is 0.691. The van der Waals surface area contributed by atoms with Gasteiger partial charge in [0, 0.05) is 18.2 Å². The van der Waals surface area contributed by atoms with E-state index in [9.17, 15) is 9.18 Å². The number of amides is 1. The van der Waals surface area contributed by atoms with E-state index in [0.717, 1.165) is 0 Å². The number of carbonyl (C=O) groups excluding carboxylic acids is 1. The van der Waals surface area contributed by atoms with Crippen molar-refractivity contribution in [2.45, 2.75) is 39.8 Å². The summed E-state index contributed by atoms with van der Waals surface area (Å²) >= 11 is 0. The number of hydrogen-bond acceptors (Lipinski definition) is 1. The molecule has 0 bridgehead atoms. The van der Waals surface area contributed by atoms with Gasteiger partial charge >= 0.3 is 0 Å². The molecule has 1 aromatic carbocycles. The van der Waals surface area contributed by atoms with Gasteiger partial charge in [-0.1, -0.05) is 12.1 Å². The first kappa shape index (κ1) is 14.4. The first-order valence-electron chi connectivity index (χ1n) is 6.17. The summed E-state index contributed by atoms with van der Waals surface area (Å²) in [7, 11) is 0. The molecule has 0 aliphatic rings. The number of halogens is 1. The number of nitrogens with zero attached hydrogens (tertiary/aromatic N) is 1. The molecule has 0 aliphatic heterocycles. The summed E-state index contributed by atoms with van der Waals surface area (Å²) in [5.74, 6) is -0.349. The highest BCUT2D eigenvalue weighted by atomic mass is 19.1. The second-order valence-corrected chi connectivity index (χ2v) is 4.82. The highest BCUT2D eigenvalue weighted by molar-refractivity contribution is 5.92. The molecule has 1 aromatic rings. The van der Waals surface area contributed by atoms with E-state index >= 15 is 0 Å². The van der Waals surface area contributed by atoms with Crippen LogP contribution in [0.25, 0.3) is 6.08 Å². The van der Waals surface area contributed by atoms with Gasteiger partial charge in [-0.05, 0) is 51.5 Å². The predicted octanol–water partition coefficient (Wildman–Crippen LogP) is 3.48. The largest absolute Gasteiger partial charge is 0.334 e. The van der Waals surface area contributed by atoms with Crippen molar-refractivity contribution in [3.05, 3.63) is 41.7 Å². The minimum Gasteiger partial charge on any atom is -0.334 e. The first-order chi connectivity index (χ1) is 8.41. The van der Waals surface area contributed by atoms with Crippen LogP contribution in [-0.4, -0.2) is 22.9 Å². The van der Waals surface area contributed by atoms with E-state index in [4.69, 9.17) is 0 Å². The molecule has 0 heterocycles. The smallest absolute Gasteiger partial charge is 0.247 e. The number of hydrogen-bond donors (Lipinski definition) is 0. The van der Waals surface area contributed by atoms with Crippen LogP contribution in [0.3, 0.4) is 0 Å². The lowest BCUT2D eigenvalue weighted by Crippen LogP contribution is -2.41. The Morgan fingerprint density at radius 3 is 2.33 bits per heavy atom. The van der Waals surface area contributed by atoms with Crippen molar-refractivity contribution in [1.82, 2.24) is 4.90 Å². The van der Waals surface area contributed by atoms with Crippen LogP contribution in [0.2, 0.25) is 0 Å². The number of benzene rings is 1. The summed E-state index contributed by atoms with van der Waals surface area (Å²) in [5, 5.41) is 0. The molecule has 1 amide bonds. The van der Waals surface area contributed by atoms with Crippen LogP contribution in [-0.2, 0) is 4.79 Å². The average Bonchev–Trinajstić information content (AvgIpc) is 2.25. The first-order valence-corrected chi connectivity index (χ1v) is 6.17. The molecule has 0 saturated heterocycles. The fourth-order valence-electron chi connectivity index (χ4n) is 1.97. The molecular weight excluding hydrogens is 229 g/mol. The van der Waals surface area contributed by atoms with Gasteiger partial charge in [0.15, 0.2) is 0 Å². The Kier molecular flexibility index (Phi) is 5.08. The third kappa shape index (κ3) is 3.99. The molecule has 0 N–H and O–H groups in total. The Bertz CT molecular complexity index is 430. The summed E-state index contributed by atoms with van der Waals surface area (Å²) in [6.45, 7) is 7.92. The number of rotatable bonds is 4. The zero-order valence-electron chi connectivity index (χ0n) is 11.4. The molecule has 0 aromatic heterocycles. The lowest BCUT2D eigenvalue weighted by Gasteiger charge is -2.29.